The second-order valence-corrected chi connectivity index (χ2v) is 6.81. The van der Waals surface area contributed by atoms with E-state index in [1.54, 1.807) is 4.40 Å². The van der Waals surface area contributed by atoms with Crippen molar-refractivity contribution >= 4 is 16.7 Å². The maximum atomic E-state index is 12.7. The molecule has 0 aliphatic carbocycles. The fourth-order valence-corrected chi connectivity index (χ4v) is 3.37. The van der Waals surface area contributed by atoms with E-state index >= 15 is 0 Å². The first-order valence-corrected chi connectivity index (χ1v) is 9.66. The molecule has 0 atom stereocenters. The summed E-state index contributed by atoms with van der Waals surface area (Å²) in [7, 11) is 0. The Morgan fingerprint density at radius 1 is 0.960 bits per heavy atom. The molecule has 0 fully saturated rings. The lowest BCUT2D eigenvalue weighted by atomic mass is 10.1. The number of rotatable bonds is 10. The summed E-state index contributed by atoms with van der Waals surface area (Å²) < 4.78 is 1.63. The first-order chi connectivity index (χ1) is 12.3. The summed E-state index contributed by atoms with van der Waals surface area (Å²) in [5.74, 6) is 1.33. The molecule has 134 valence electrons. The number of benzene rings is 1. The number of nitrogens with one attached hydrogen (secondary N) is 1. The molecule has 2 aromatic heterocycles. The summed E-state index contributed by atoms with van der Waals surface area (Å²) in [6.45, 7) is 2.25. The van der Waals surface area contributed by atoms with Gasteiger partial charge >= 0.3 is 0 Å². The van der Waals surface area contributed by atoms with Crippen molar-refractivity contribution in [1.82, 2.24) is 19.6 Å². The minimum atomic E-state index is -0.0275. The highest BCUT2D eigenvalue weighted by Gasteiger charge is 2.11. The lowest BCUT2D eigenvalue weighted by molar-refractivity contribution is 0.561. The highest BCUT2D eigenvalue weighted by molar-refractivity contribution is 5.78. The van der Waals surface area contributed by atoms with Crippen LogP contribution in [-0.4, -0.2) is 19.6 Å². The van der Waals surface area contributed by atoms with E-state index in [4.69, 9.17) is 0 Å². The summed E-state index contributed by atoms with van der Waals surface area (Å²) in [5, 5.41) is 7.87. The molecule has 0 bridgehead atoms. The van der Waals surface area contributed by atoms with Gasteiger partial charge in [0.05, 0.1) is 10.9 Å². The van der Waals surface area contributed by atoms with Crippen LogP contribution in [0.5, 0.6) is 0 Å². The number of hydrogen-bond donors (Lipinski definition) is 1. The lowest BCUT2D eigenvalue weighted by Gasteiger charge is -2.02. The Morgan fingerprint density at radius 2 is 1.64 bits per heavy atom. The zero-order valence-electron chi connectivity index (χ0n) is 15.1. The standard InChI is InChI=1S/C20H28N4O/c1-2-3-4-5-6-7-8-9-10-15-18-22-23-20-21-17-14-12-11-13-16(17)19(25)24(18)20/h11-14H,2-10,15H2,1H3,(H,21,23). The van der Waals surface area contributed by atoms with Crippen LogP contribution in [0.1, 0.15) is 70.5 Å². The van der Waals surface area contributed by atoms with Crippen LogP contribution in [0.25, 0.3) is 16.7 Å². The van der Waals surface area contributed by atoms with Gasteiger partial charge in [-0.2, -0.15) is 5.10 Å². The Kier molecular flexibility index (Phi) is 6.20. The molecular formula is C20H28N4O. The number of aromatic amines is 1. The number of para-hydroxylation sites is 1. The third kappa shape index (κ3) is 4.27. The smallest absolute Gasteiger partial charge is 0.268 e. The maximum Gasteiger partial charge on any atom is 0.268 e. The van der Waals surface area contributed by atoms with Gasteiger partial charge in [-0.3, -0.25) is 4.79 Å². The van der Waals surface area contributed by atoms with Crippen molar-refractivity contribution < 1.29 is 0 Å². The van der Waals surface area contributed by atoms with Crippen LogP contribution >= 0.6 is 0 Å². The van der Waals surface area contributed by atoms with Gasteiger partial charge in [-0.1, -0.05) is 70.4 Å². The average molecular weight is 340 g/mol. The fraction of sp³-hybridized carbons (Fsp3) is 0.550. The Morgan fingerprint density at radius 3 is 2.40 bits per heavy atom. The molecule has 3 aromatic rings. The Bertz CT molecular complexity index is 865. The molecule has 2 heterocycles. The van der Waals surface area contributed by atoms with Gasteiger partial charge in [0.15, 0.2) is 0 Å². The fourth-order valence-electron chi connectivity index (χ4n) is 3.37. The van der Waals surface area contributed by atoms with Crippen LogP contribution in [0, 0.1) is 0 Å². The van der Waals surface area contributed by atoms with Gasteiger partial charge in [-0.25, -0.2) is 14.5 Å². The monoisotopic (exact) mass is 340 g/mol. The number of H-pyrrole nitrogens is 1. The van der Waals surface area contributed by atoms with Crippen molar-refractivity contribution in [3.05, 3.63) is 40.4 Å². The third-order valence-corrected chi connectivity index (χ3v) is 4.82. The van der Waals surface area contributed by atoms with E-state index in [1.165, 1.54) is 51.4 Å². The number of nitrogens with zero attached hydrogens (tertiary/aromatic N) is 3. The number of hydrogen-bond acceptors (Lipinski definition) is 3. The minimum absolute atomic E-state index is 0.0275. The molecule has 1 N–H and O–H groups in total. The normalized spacial score (nSPS) is 11.6. The van der Waals surface area contributed by atoms with Gasteiger partial charge in [0, 0.05) is 6.42 Å². The molecule has 5 nitrogen and oxygen atoms in total. The van der Waals surface area contributed by atoms with E-state index in [9.17, 15) is 4.79 Å². The molecule has 25 heavy (non-hydrogen) atoms. The summed E-state index contributed by atoms with van der Waals surface area (Å²) in [5.41, 5.74) is 0.686. The molecule has 0 aliphatic rings. The lowest BCUT2D eigenvalue weighted by Crippen LogP contribution is -2.16. The van der Waals surface area contributed by atoms with Crippen LogP contribution < -0.4 is 5.56 Å². The Hall–Kier alpha value is -2.17. The molecule has 0 aliphatic heterocycles. The molecule has 0 amide bonds. The first kappa shape index (κ1) is 17.6. The maximum absolute atomic E-state index is 12.7. The van der Waals surface area contributed by atoms with Crippen LogP contribution in [0.4, 0.5) is 0 Å². The van der Waals surface area contributed by atoms with Crippen LogP contribution in [0.2, 0.25) is 0 Å². The summed E-state index contributed by atoms with van der Waals surface area (Å²) in [4.78, 5) is 17.2. The van der Waals surface area contributed by atoms with Crippen LogP contribution in [0.15, 0.2) is 29.1 Å². The molecule has 0 radical (unpaired) electrons. The largest absolute Gasteiger partial charge is 0.268 e. The number of aromatic nitrogens is 4. The summed E-state index contributed by atoms with van der Waals surface area (Å²) in [6.07, 6.45) is 12.4. The zero-order valence-corrected chi connectivity index (χ0v) is 15.1. The van der Waals surface area contributed by atoms with E-state index in [0.717, 1.165) is 18.7 Å². The highest BCUT2D eigenvalue weighted by atomic mass is 16.1. The summed E-state index contributed by atoms with van der Waals surface area (Å²) >= 11 is 0. The highest BCUT2D eigenvalue weighted by Crippen LogP contribution is 2.12. The van der Waals surface area contributed by atoms with Gasteiger partial charge in [0.25, 0.3) is 5.56 Å². The number of aryl methyl sites for hydroxylation is 1. The quantitative estimate of drug-likeness (QED) is 0.547. The van der Waals surface area contributed by atoms with Crippen LogP contribution in [0.3, 0.4) is 0 Å². The molecule has 3 rings (SSSR count). The van der Waals surface area contributed by atoms with Gasteiger partial charge in [-0.05, 0) is 18.6 Å². The van der Waals surface area contributed by atoms with Gasteiger partial charge in [0.1, 0.15) is 5.82 Å². The van der Waals surface area contributed by atoms with Gasteiger partial charge < -0.3 is 0 Å². The molecule has 0 spiro atoms. The van der Waals surface area contributed by atoms with Crippen molar-refractivity contribution in [1.29, 1.82) is 0 Å². The summed E-state index contributed by atoms with van der Waals surface area (Å²) in [6, 6.07) is 7.45. The van der Waals surface area contributed by atoms with Crippen molar-refractivity contribution in [3.8, 4) is 0 Å². The van der Waals surface area contributed by atoms with E-state index in [0.29, 0.717) is 16.7 Å². The molecule has 0 saturated heterocycles. The molecule has 1 aromatic carbocycles. The molecular weight excluding hydrogens is 312 g/mol. The van der Waals surface area contributed by atoms with E-state index in [2.05, 4.69) is 22.1 Å². The number of unbranched alkanes of at least 4 members (excludes halogenated alkanes) is 8. The van der Waals surface area contributed by atoms with Gasteiger partial charge in [0.2, 0.25) is 5.78 Å². The SMILES string of the molecule is CCCCCCCCCCCc1n[nH]c2nc3ccccc3c(=O)n12. The Balaban J connectivity index is 1.54. The molecule has 0 unspecified atom stereocenters. The predicted octanol–water partition coefficient (Wildman–Crippen LogP) is 4.64. The van der Waals surface area contributed by atoms with E-state index in [-0.39, 0.29) is 5.56 Å². The van der Waals surface area contributed by atoms with Crippen molar-refractivity contribution in [2.24, 2.45) is 0 Å². The Labute approximate surface area is 148 Å². The zero-order chi connectivity index (χ0) is 17.5. The third-order valence-electron chi connectivity index (χ3n) is 4.82. The molecule has 0 saturated carbocycles. The topological polar surface area (TPSA) is 63.0 Å². The van der Waals surface area contributed by atoms with Crippen molar-refractivity contribution in [2.75, 3.05) is 0 Å². The van der Waals surface area contributed by atoms with Crippen molar-refractivity contribution in [3.63, 3.8) is 0 Å². The van der Waals surface area contributed by atoms with Crippen molar-refractivity contribution in [2.45, 2.75) is 71.1 Å². The molecule has 5 heteroatoms. The average Bonchev–Trinajstić information content (AvgIpc) is 3.04. The second kappa shape index (κ2) is 8.79. The first-order valence-electron chi connectivity index (χ1n) is 9.66. The number of fused-ring (bicyclic) bond motifs is 2. The van der Waals surface area contributed by atoms with Crippen LogP contribution in [-0.2, 0) is 6.42 Å². The predicted molar refractivity (Wildman–Crippen MR) is 102 cm³/mol. The second-order valence-electron chi connectivity index (χ2n) is 6.81. The minimum Gasteiger partial charge on any atom is -0.268 e. The van der Waals surface area contributed by atoms with E-state index < -0.39 is 0 Å². The van der Waals surface area contributed by atoms with E-state index in [1.807, 2.05) is 24.3 Å². The van der Waals surface area contributed by atoms with Gasteiger partial charge in [-0.15, -0.1) is 0 Å².